The molecule has 0 aromatic rings. The smallest absolute Gasteiger partial charge is 0.348 e. The molecule has 0 saturated carbocycles. The van der Waals surface area contributed by atoms with Gasteiger partial charge in [0.2, 0.25) is 13.8 Å². The molecule has 0 bridgehead atoms. The second kappa shape index (κ2) is 8.60. The molecule has 0 aromatic carbocycles. The summed E-state index contributed by atoms with van der Waals surface area (Å²) in [6, 6.07) is 0. The minimum Gasteiger partial charge on any atom is -0.478 e. The molecule has 17 heavy (non-hydrogen) atoms. The molecule has 0 radical (unpaired) electrons. The molecule has 2 unspecified atom stereocenters. The van der Waals surface area contributed by atoms with E-state index >= 15 is 0 Å². The van der Waals surface area contributed by atoms with Crippen LogP contribution in [0, 0.1) is 5.92 Å². The molecule has 0 rings (SSSR count). The molecule has 4 nitrogen and oxygen atoms in total. The number of hydrogen-bond donors (Lipinski definition) is 1. The van der Waals surface area contributed by atoms with Gasteiger partial charge in [-0.3, -0.25) is 4.57 Å². The largest absolute Gasteiger partial charge is 0.478 e. The van der Waals surface area contributed by atoms with Gasteiger partial charge in [-0.15, -0.1) is 0 Å². The Hall–Kier alpha value is -0.470. The van der Waals surface area contributed by atoms with E-state index in [1.807, 2.05) is 0 Å². The van der Waals surface area contributed by atoms with Crippen molar-refractivity contribution in [2.24, 2.45) is 5.92 Å². The van der Waals surface area contributed by atoms with Crippen LogP contribution in [-0.2, 0) is 14.1 Å². The van der Waals surface area contributed by atoms with Gasteiger partial charge in [-0.25, -0.2) is 4.79 Å². The normalized spacial score (nSPS) is 16.6. The van der Waals surface area contributed by atoms with Crippen molar-refractivity contribution in [1.82, 2.24) is 0 Å². The fourth-order valence-electron chi connectivity index (χ4n) is 1.60. The Morgan fingerprint density at radius 1 is 1.41 bits per heavy atom. The Balaban J connectivity index is 4.37. The van der Waals surface area contributed by atoms with Crippen molar-refractivity contribution in [3.63, 3.8) is 0 Å². The molecule has 0 aliphatic heterocycles. The molecule has 100 valence electrons. The second-order valence-corrected chi connectivity index (χ2v) is 5.17. The van der Waals surface area contributed by atoms with Gasteiger partial charge in [0, 0.05) is 0 Å². The van der Waals surface area contributed by atoms with E-state index in [4.69, 9.17) is 9.84 Å². The molecular formula is C12H23O4P. The van der Waals surface area contributed by atoms with Crippen molar-refractivity contribution in [1.29, 1.82) is 0 Å². The number of rotatable bonds is 10. The average Bonchev–Trinajstić information content (AvgIpc) is 2.34. The molecule has 0 heterocycles. The van der Waals surface area contributed by atoms with Gasteiger partial charge in [-0.1, -0.05) is 40.0 Å². The van der Waals surface area contributed by atoms with E-state index in [9.17, 15) is 9.36 Å². The summed E-state index contributed by atoms with van der Waals surface area (Å²) in [7, 11) is -0.469. The van der Waals surface area contributed by atoms with Gasteiger partial charge in [-0.05, 0) is 18.8 Å². The van der Waals surface area contributed by atoms with Crippen molar-refractivity contribution in [3.05, 3.63) is 0 Å². The number of hydrogen-bond acceptors (Lipinski definition) is 3. The number of ether oxygens (including phenoxy) is 1. The molecule has 0 aliphatic rings. The van der Waals surface area contributed by atoms with Crippen molar-refractivity contribution in [2.45, 2.75) is 58.2 Å². The maximum Gasteiger partial charge on any atom is 0.348 e. The molecule has 5 heteroatoms. The minimum absolute atomic E-state index is 0.206. The lowest BCUT2D eigenvalue weighted by Gasteiger charge is -2.24. The van der Waals surface area contributed by atoms with Gasteiger partial charge in [-0.2, -0.15) is 0 Å². The molecular weight excluding hydrogens is 239 g/mol. The van der Waals surface area contributed by atoms with E-state index in [-0.39, 0.29) is 6.42 Å². The number of aliphatic carboxylic acids is 1. The van der Waals surface area contributed by atoms with Crippen LogP contribution in [-0.4, -0.2) is 23.0 Å². The summed E-state index contributed by atoms with van der Waals surface area (Å²) in [4.78, 5) is 11.1. The maximum atomic E-state index is 11.1. The van der Waals surface area contributed by atoms with E-state index in [0.717, 1.165) is 25.7 Å². The minimum atomic E-state index is -1.56. The van der Waals surface area contributed by atoms with E-state index in [1.165, 1.54) is 0 Å². The van der Waals surface area contributed by atoms with Crippen LogP contribution in [0.5, 0.6) is 0 Å². The standard InChI is InChI=1S/C12H23O4P/c1-4-7-8-10(5-2)9-16-12(6-3,17-15)11(13)14/h10H,4-9H2,1-3H3,(H,13,14). The van der Waals surface area contributed by atoms with Crippen molar-refractivity contribution in [2.75, 3.05) is 6.61 Å². The van der Waals surface area contributed by atoms with Gasteiger partial charge >= 0.3 is 5.97 Å². The molecule has 2 atom stereocenters. The SMILES string of the molecule is CCCCC(CC)COC(CC)(P=O)C(=O)O. The van der Waals surface area contributed by atoms with Crippen molar-refractivity contribution < 1.29 is 19.2 Å². The summed E-state index contributed by atoms with van der Waals surface area (Å²) in [6.07, 6.45) is 4.42. The van der Waals surface area contributed by atoms with E-state index in [0.29, 0.717) is 12.5 Å². The predicted molar refractivity (Wildman–Crippen MR) is 67.5 cm³/mol. The van der Waals surface area contributed by atoms with Crippen molar-refractivity contribution >= 4 is 14.4 Å². The highest BCUT2D eigenvalue weighted by molar-refractivity contribution is 7.27. The zero-order valence-corrected chi connectivity index (χ0v) is 11.8. The molecule has 0 amide bonds. The Bertz CT molecular complexity index is 245. The first-order chi connectivity index (χ1) is 8.06. The Labute approximate surface area is 105 Å². The Morgan fingerprint density at radius 3 is 2.41 bits per heavy atom. The summed E-state index contributed by atoms with van der Waals surface area (Å²) in [5, 5.41) is 7.50. The highest BCUT2D eigenvalue weighted by Gasteiger charge is 2.39. The third-order valence-electron chi connectivity index (χ3n) is 3.06. The first-order valence-electron chi connectivity index (χ1n) is 6.28. The van der Waals surface area contributed by atoms with Crippen LogP contribution in [0.25, 0.3) is 0 Å². The van der Waals surface area contributed by atoms with Crippen LogP contribution in [0.15, 0.2) is 0 Å². The van der Waals surface area contributed by atoms with Crippen molar-refractivity contribution in [3.8, 4) is 0 Å². The number of unbranched alkanes of at least 4 members (excludes halogenated alkanes) is 1. The fraction of sp³-hybridized carbons (Fsp3) is 0.917. The van der Waals surface area contributed by atoms with Crippen LogP contribution in [0.1, 0.15) is 52.9 Å². The molecule has 0 fully saturated rings. The summed E-state index contributed by atoms with van der Waals surface area (Å²) < 4.78 is 16.4. The van der Waals surface area contributed by atoms with Crippen LogP contribution >= 0.6 is 8.46 Å². The topological polar surface area (TPSA) is 63.6 Å². The van der Waals surface area contributed by atoms with Crippen LogP contribution in [0.3, 0.4) is 0 Å². The highest BCUT2D eigenvalue weighted by Crippen LogP contribution is 2.30. The third-order valence-corrected chi connectivity index (χ3v) is 3.99. The van der Waals surface area contributed by atoms with Gasteiger partial charge in [0.05, 0.1) is 6.61 Å². The van der Waals surface area contributed by atoms with Crippen LogP contribution in [0.4, 0.5) is 0 Å². The summed E-state index contributed by atoms with van der Waals surface area (Å²) in [6.45, 7) is 6.22. The van der Waals surface area contributed by atoms with E-state index in [1.54, 1.807) is 6.92 Å². The quantitative estimate of drug-likeness (QED) is 0.610. The van der Waals surface area contributed by atoms with E-state index in [2.05, 4.69) is 13.8 Å². The summed E-state index contributed by atoms with van der Waals surface area (Å²) in [5.74, 6) is -0.802. The lowest BCUT2D eigenvalue weighted by atomic mass is 10.0. The predicted octanol–water partition coefficient (Wildman–Crippen LogP) is 3.70. The molecule has 1 N–H and O–H groups in total. The maximum absolute atomic E-state index is 11.1. The fourth-order valence-corrected chi connectivity index (χ4v) is 1.93. The van der Waals surface area contributed by atoms with Gasteiger partial charge in [0.15, 0.2) is 0 Å². The van der Waals surface area contributed by atoms with Crippen LogP contribution in [0.2, 0.25) is 0 Å². The average molecular weight is 262 g/mol. The molecule has 0 aromatic heterocycles. The zero-order valence-electron chi connectivity index (χ0n) is 10.9. The third kappa shape index (κ3) is 5.13. The lowest BCUT2D eigenvalue weighted by Crippen LogP contribution is -2.36. The van der Waals surface area contributed by atoms with E-state index < -0.39 is 19.8 Å². The summed E-state index contributed by atoms with van der Waals surface area (Å²) in [5.41, 5.74) is 0. The Morgan fingerprint density at radius 2 is 2.06 bits per heavy atom. The van der Waals surface area contributed by atoms with Crippen LogP contribution < -0.4 is 0 Å². The first kappa shape index (κ1) is 16.5. The number of carboxylic acids is 1. The monoisotopic (exact) mass is 262 g/mol. The molecule has 0 spiro atoms. The first-order valence-corrected chi connectivity index (χ1v) is 7.09. The number of carboxylic acid groups (broad SMARTS) is 1. The lowest BCUT2D eigenvalue weighted by molar-refractivity contribution is -0.156. The number of carbonyl (C=O) groups is 1. The van der Waals surface area contributed by atoms with Gasteiger partial charge in [0.25, 0.3) is 0 Å². The Kier molecular flexibility index (Phi) is 8.36. The van der Waals surface area contributed by atoms with Gasteiger partial charge < -0.3 is 9.84 Å². The molecule has 0 saturated heterocycles. The summed E-state index contributed by atoms with van der Waals surface area (Å²) >= 11 is 0. The second-order valence-electron chi connectivity index (χ2n) is 4.26. The van der Waals surface area contributed by atoms with Gasteiger partial charge in [0.1, 0.15) is 0 Å². The highest BCUT2D eigenvalue weighted by atomic mass is 31.1. The molecule has 0 aliphatic carbocycles. The zero-order chi connectivity index (χ0) is 13.3.